The van der Waals surface area contributed by atoms with Gasteiger partial charge in [0.2, 0.25) is 0 Å². The van der Waals surface area contributed by atoms with Crippen molar-refractivity contribution in [3.05, 3.63) is 23.5 Å². The van der Waals surface area contributed by atoms with Crippen molar-refractivity contribution >= 4 is 11.7 Å². The second-order valence-corrected chi connectivity index (χ2v) is 4.31. The van der Waals surface area contributed by atoms with Gasteiger partial charge >= 0.3 is 5.97 Å². The van der Waals surface area contributed by atoms with Crippen LogP contribution in [0.1, 0.15) is 54.2 Å². The molecule has 1 aromatic rings. The maximum absolute atomic E-state index is 10.9. The minimum absolute atomic E-state index is 0.0110. The molecule has 4 nitrogen and oxygen atoms in total. The zero-order chi connectivity index (χ0) is 11.5. The number of nitrogen functional groups attached to an aromatic ring is 1. The first-order chi connectivity index (χ1) is 7.68. The van der Waals surface area contributed by atoms with E-state index < -0.39 is 5.97 Å². The fraction of sp³-hybridized carbons (Fsp3) is 0.500. The molecule has 0 aliphatic heterocycles. The van der Waals surface area contributed by atoms with E-state index >= 15 is 0 Å². The first-order valence-electron chi connectivity index (χ1n) is 5.68. The van der Waals surface area contributed by atoms with Crippen molar-refractivity contribution in [2.24, 2.45) is 0 Å². The van der Waals surface area contributed by atoms with Crippen LogP contribution in [0.2, 0.25) is 0 Å². The molecule has 0 radical (unpaired) electrons. The van der Waals surface area contributed by atoms with Gasteiger partial charge in [-0.25, -0.2) is 9.78 Å². The second-order valence-electron chi connectivity index (χ2n) is 4.31. The number of carboxylic acid groups (broad SMARTS) is 1. The molecule has 2 rings (SSSR count). The lowest BCUT2D eigenvalue weighted by atomic mass is 9.86. The molecule has 1 saturated carbocycles. The van der Waals surface area contributed by atoms with E-state index in [0.717, 1.165) is 18.5 Å². The number of pyridine rings is 1. The van der Waals surface area contributed by atoms with Crippen LogP contribution >= 0.6 is 0 Å². The number of carboxylic acids is 1. The Morgan fingerprint density at radius 1 is 1.31 bits per heavy atom. The molecule has 0 unspecified atom stereocenters. The van der Waals surface area contributed by atoms with E-state index in [9.17, 15) is 4.79 Å². The Kier molecular flexibility index (Phi) is 3.08. The van der Waals surface area contributed by atoms with Gasteiger partial charge in [0.05, 0.1) is 5.69 Å². The van der Waals surface area contributed by atoms with Crippen LogP contribution in [0.5, 0.6) is 0 Å². The van der Waals surface area contributed by atoms with Gasteiger partial charge in [-0.05, 0) is 25.0 Å². The lowest BCUT2D eigenvalue weighted by molar-refractivity contribution is 0.0691. The van der Waals surface area contributed by atoms with Gasteiger partial charge in [0.25, 0.3) is 0 Å². The molecule has 1 aromatic heterocycles. The van der Waals surface area contributed by atoms with Crippen molar-refractivity contribution in [1.29, 1.82) is 0 Å². The molecule has 1 fully saturated rings. The zero-order valence-electron chi connectivity index (χ0n) is 9.15. The highest BCUT2D eigenvalue weighted by Crippen LogP contribution is 2.32. The summed E-state index contributed by atoms with van der Waals surface area (Å²) >= 11 is 0. The van der Waals surface area contributed by atoms with Crippen molar-refractivity contribution in [3.63, 3.8) is 0 Å². The van der Waals surface area contributed by atoms with Crippen LogP contribution in [-0.4, -0.2) is 16.1 Å². The minimum Gasteiger partial charge on any atom is -0.476 e. The largest absolute Gasteiger partial charge is 0.476 e. The molecule has 0 amide bonds. The van der Waals surface area contributed by atoms with E-state index in [4.69, 9.17) is 10.8 Å². The third-order valence-electron chi connectivity index (χ3n) is 3.17. The molecular formula is C12H16N2O2. The zero-order valence-corrected chi connectivity index (χ0v) is 9.15. The third-order valence-corrected chi connectivity index (χ3v) is 3.17. The molecule has 0 spiro atoms. The van der Waals surface area contributed by atoms with Crippen molar-refractivity contribution in [2.75, 3.05) is 5.73 Å². The molecular weight excluding hydrogens is 204 g/mol. The molecule has 0 atom stereocenters. The average Bonchev–Trinajstić information content (AvgIpc) is 2.30. The SMILES string of the molecule is Nc1ccc(C2CCCCC2)nc1C(=O)O. The molecule has 1 aliphatic rings. The number of hydrogen-bond donors (Lipinski definition) is 2. The summed E-state index contributed by atoms with van der Waals surface area (Å²) in [4.78, 5) is 15.1. The predicted octanol–water partition coefficient (Wildman–Crippen LogP) is 2.41. The number of nitrogens with two attached hydrogens (primary N) is 1. The van der Waals surface area contributed by atoms with Gasteiger partial charge in [-0.3, -0.25) is 0 Å². The van der Waals surface area contributed by atoms with Gasteiger partial charge in [-0.15, -0.1) is 0 Å². The summed E-state index contributed by atoms with van der Waals surface area (Å²) in [6.45, 7) is 0. The summed E-state index contributed by atoms with van der Waals surface area (Å²) in [5.41, 5.74) is 6.69. The Bertz CT molecular complexity index is 398. The Hall–Kier alpha value is -1.58. The Balaban J connectivity index is 2.27. The van der Waals surface area contributed by atoms with E-state index in [-0.39, 0.29) is 11.4 Å². The van der Waals surface area contributed by atoms with Crippen molar-refractivity contribution in [3.8, 4) is 0 Å². The molecule has 16 heavy (non-hydrogen) atoms. The van der Waals surface area contributed by atoms with Crippen LogP contribution in [0.3, 0.4) is 0 Å². The quantitative estimate of drug-likeness (QED) is 0.802. The molecule has 86 valence electrons. The maximum atomic E-state index is 10.9. The molecule has 4 heteroatoms. The number of aromatic carboxylic acids is 1. The smallest absolute Gasteiger partial charge is 0.356 e. The van der Waals surface area contributed by atoms with Crippen molar-refractivity contribution in [2.45, 2.75) is 38.0 Å². The monoisotopic (exact) mass is 220 g/mol. The summed E-state index contributed by atoms with van der Waals surface area (Å²) < 4.78 is 0. The van der Waals surface area contributed by atoms with Crippen LogP contribution in [0.25, 0.3) is 0 Å². The molecule has 0 bridgehead atoms. The summed E-state index contributed by atoms with van der Waals surface area (Å²) in [6.07, 6.45) is 5.90. The molecule has 1 heterocycles. The number of aromatic nitrogens is 1. The normalized spacial score (nSPS) is 17.2. The number of nitrogens with zero attached hydrogens (tertiary/aromatic N) is 1. The number of hydrogen-bond acceptors (Lipinski definition) is 3. The minimum atomic E-state index is -1.05. The highest BCUT2D eigenvalue weighted by molar-refractivity contribution is 5.91. The van der Waals surface area contributed by atoms with Crippen molar-refractivity contribution in [1.82, 2.24) is 4.98 Å². The first-order valence-corrected chi connectivity index (χ1v) is 5.68. The average molecular weight is 220 g/mol. The topological polar surface area (TPSA) is 76.2 Å². The summed E-state index contributed by atoms with van der Waals surface area (Å²) in [5.74, 6) is -0.636. The summed E-state index contributed by atoms with van der Waals surface area (Å²) in [6, 6.07) is 3.51. The molecule has 0 aromatic carbocycles. The van der Waals surface area contributed by atoms with Gasteiger partial charge in [0.15, 0.2) is 5.69 Å². The fourth-order valence-corrected chi connectivity index (χ4v) is 2.28. The van der Waals surface area contributed by atoms with Gasteiger partial charge in [0.1, 0.15) is 0 Å². The van der Waals surface area contributed by atoms with Crippen LogP contribution in [-0.2, 0) is 0 Å². The van der Waals surface area contributed by atoms with Crippen LogP contribution in [0, 0.1) is 0 Å². The summed E-state index contributed by atoms with van der Waals surface area (Å²) in [7, 11) is 0. The molecule has 3 N–H and O–H groups in total. The van der Waals surface area contributed by atoms with Gasteiger partial charge in [0, 0.05) is 11.6 Å². The lowest BCUT2D eigenvalue weighted by Crippen LogP contribution is -2.11. The van der Waals surface area contributed by atoms with Gasteiger partial charge < -0.3 is 10.8 Å². The third kappa shape index (κ3) is 2.15. The van der Waals surface area contributed by atoms with Crippen molar-refractivity contribution < 1.29 is 9.90 Å². The Morgan fingerprint density at radius 2 is 2.00 bits per heavy atom. The van der Waals surface area contributed by atoms with Crippen LogP contribution < -0.4 is 5.73 Å². The standard InChI is InChI=1S/C12H16N2O2/c13-9-6-7-10(14-11(9)12(15)16)8-4-2-1-3-5-8/h6-8H,1-5,13H2,(H,15,16). The van der Waals surface area contributed by atoms with E-state index in [1.807, 2.05) is 6.07 Å². The van der Waals surface area contributed by atoms with Gasteiger partial charge in [-0.2, -0.15) is 0 Å². The highest BCUT2D eigenvalue weighted by Gasteiger charge is 2.19. The highest BCUT2D eigenvalue weighted by atomic mass is 16.4. The van der Waals surface area contributed by atoms with Crippen LogP contribution in [0.4, 0.5) is 5.69 Å². The van der Waals surface area contributed by atoms with E-state index in [1.165, 1.54) is 19.3 Å². The van der Waals surface area contributed by atoms with E-state index in [2.05, 4.69) is 4.98 Å². The summed E-state index contributed by atoms with van der Waals surface area (Å²) in [5, 5.41) is 8.95. The molecule has 0 saturated heterocycles. The fourth-order valence-electron chi connectivity index (χ4n) is 2.28. The molecule has 1 aliphatic carbocycles. The number of rotatable bonds is 2. The maximum Gasteiger partial charge on any atom is 0.356 e. The van der Waals surface area contributed by atoms with Gasteiger partial charge in [-0.1, -0.05) is 19.3 Å². The number of carbonyl (C=O) groups is 1. The lowest BCUT2D eigenvalue weighted by Gasteiger charge is -2.21. The van der Waals surface area contributed by atoms with E-state index in [0.29, 0.717) is 5.92 Å². The Morgan fingerprint density at radius 3 is 2.62 bits per heavy atom. The van der Waals surface area contributed by atoms with E-state index in [1.54, 1.807) is 6.07 Å². The second kappa shape index (κ2) is 4.51. The first kappa shape index (κ1) is 10.9. The van der Waals surface area contributed by atoms with Crippen LogP contribution in [0.15, 0.2) is 12.1 Å². The number of anilines is 1. The Labute approximate surface area is 94.5 Å². The predicted molar refractivity (Wildman–Crippen MR) is 61.4 cm³/mol.